The van der Waals surface area contributed by atoms with Gasteiger partial charge in [-0.1, -0.05) is 91.0 Å². The summed E-state index contributed by atoms with van der Waals surface area (Å²) in [5.74, 6) is 0.187. The van der Waals surface area contributed by atoms with Gasteiger partial charge in [-0.15, -0.1) is 0 Å². The van der Waals surface area contributed by atoms with E-state index in [1.54, 1.807) is 11.0 Å². The zero-order valence-corrected chi connectivity index (χ0v) is 16.1. The maximum atomic E-state index is 10.3. The molecule has 4 aromatic rings. The second-order valence-electron chi connectivity index (χ2n) is 7.04. The zero-order chi connectivity index (χ0) is 20.3. The molecule has 146 valence electrons. The molecule has 0 radical (unpaired) electrons. The van der Waals surface area contributed by atoms with Gasteiger partial charge in [0.05, 0.1) is 6.10 Å². The lowest BCUT2D eigenvalue weighted by molar-refractivity contribution is 0.0247. The molecule has 1 heterocycles. The van der Waals surface area contributed by atoms with Gasteiger partial charge in [-0.3, -0.25) is 0 Å². The van der Waals surface area contributed by atoms with Crippen LogP contribution in [-0.4, -0.2) is 31.1 Å². The van der Waals surface area contributed by atoms with Crippen molar-refractivity contribution in [2.75, 3.05) is 0 Å². The van der Waals surface area contributed by atoms with Crippen LogP contribution in [0.25, 0.3) is 0 Å². The topological polar surface area (TPSA) is 71.2 Å². The predicted octanol–water partition coefficient (Wildman–Crippen LogP) is 3.53. The Morgan fingerprint density at radius 2 is 1.14 bits per heavy atom. The number of aromatic nitrogens is 3. The van der Waals surface area contributed by atoms with E-state index in [4.69, 9.17) is 0 Å². The lowest BCUT2D eigenvalue weighted by atomic mass is 9.77. The predicted molar refractivity (Wildman–Crippen MR) is 111 cm³/mol. The highest BCUT2D eigenvalue weighted by Crippen LogP contribution is 2.40. The molecule has 29 heavy (non-hydrogen) atoms. The molecular formula is C24H23N3O2. The van der Waals surface area contributed by atoms with E-state index in [1.165, 1.54) is 6.92 Å². The number of aliphatic hydroxyl groups excluding tert-OH is 2. The van der Waals surface area contributed by atoms with Crippen molar-refractivity contribution >= 4 is 0 Å². The molecule has 0 saturated heterocycles. The Hall–Kier alpha value is -3.28. The maximum absolute atomic E-state index is 10.3. The molecule has 0 bridgehead atoms. The molecule has 0 fully saturated rings. The summed E-state index contributed by atoms with van der Waals surface area (Å²) in [4.78, 5) is 4.32. The Balaban J connectivity index is 2.04. The summed E-state index contributed by atoms with van der Waals surface area (Å²) >= 11 is 0. The Morgan fingerprint density at radius 1 is 0.724 bits per heavy atom. The molecule has 2 N–H and O–H groups in total. The summed E-state index contributed by atoms with van der Waals surface area (Å²) in [6.07, 6.45) is -0.504. The van der Waals surface area contributed by atoms with Crippen molar-refractivity contribution < 1.29 is 10.2 Å². The normalized spacial score (nSPS) is 13.8. The summed E-state index contributed by atoms with van der Waals surface area (Å²) in [7, 11) is 0. The SMILES string of the molecule is CC(O)C(O)c1ncn(C(c2ccccc2)(c2ccccc2)c2ccccc2)n1. The van der Waals surface area contributed by atoms with E-state index >= 15 is 0 Å². The maximum Gasteiger partial charge on any atom is 0.181 e. The second kappa shape index (κ2) is 7.99. The van der Waals surface area contributed by atoms with Crippen LogP contribution in [0.3, 0.4) is 0 Å². The van der Waals surface area contributed by atoms with Gasteiger partial charge < -0.3 is 10.2 Å². The van der Waals surface area contributed by atoms with Crippen molar-refractivity contribution in [2.45, 2.75) is 24.7 Å². The molecule has 0 aliphatic heterocycles. The van der Waals surface area contributed by atoms with Gasteiger partial charge in [-0.25, -0.2) is 9.67 Å². The van der Waals surface area contributed by atoms with E-state index in [0.29, 0.717) is 0 Å². The van der Waals surface area contributed by atoms with Gasteiger partial charge in [0.15, 0.2) is 5.82 Å². The van der Waals surface area contributed by atoms with Crippen LogP contribution in [-0.2, 0) is 5.54 Å². The van der Waals surface area contributed by atoms with E-state index in [2.05, 4.69) is 46.5 Å². The van der Waals surface area contributed by atoms with Crippen LogP contribution in [0, 0.1) is 0 Å². The van der Waals surface area contributed by atoms with Crippen LogP contribution in [0.4, 0.5) is 0 Å². The number of nitrogens with zero attached hydrogens (tertiary/aromatic N) is 3. The molecule has 5 heteroatoms. The highest BCUT2D eigenvalue weighted by atomic mass is 16.3. The van der Waals surface area contributed by atoms with Crippen molar-refractivity contribution in [3.8, 4) is 0 Å². The third-order valence-corrected chi connectivity index (χ3v) is 5.15. The van der Waals surface area contributed by atoms with Crippen LogP contribution < -0.4 is 0 Å². The van der Waals surface area contributed by atoms with Gasteiger partial charge >= 0.3 is 0 Å². The minimum absolute atomic E-state index is 0.187. The Labute approximate surface area is 169 Å². The fourth-order valence-corrected chi connectivity index (χ4v) is 3.72. The van der Waals surface area contributed by atoms with Gasteiger partial charge in [0.2, 0.25) is 0 Å². The smallest absolute Gasteiger partial charge is 0.181 e. The van der Waals surface area contributed by atoms with Crippen LogP contribution in [0.15, 0.2) is 97.3 Å². The van der Waals surface area contributed by atoms with Crippen molar-refractivity contribution in [2.24, 2.45) is 0 Å². The zero-order valence-electron chi connectivity index (χ0n) is 16.1. The molecule has 4 rings (SSSR count). The number of hydrogen-bond donors (Lipinski definition) is 2. The summed E-state index contributed by atoms with van der Waals surface area (Å²) in [5, 5.41) is 24.7. The first-order chi connectivity index (χ1) is 14.1. The summed E-state index contributed by atoms with van der Waals surface area (Å²) in [6, 6.07) is 30.3. The highest BCUT2D eigenvalue weighted by Gasteiger charge is 2.40. The van der Waals surface area contributed by atoms with Crippen LogP contribution in [0.2, 0.25) is 0 Å². The first-order valence-electron chi connectivity index (χ1n) is 9.59. The Bertz CT molecular complexity index is 951. The summed E-state index contributed by atoms with van der Waals surface area (Å²) < 4.78 is 1.77. The largest absolute Gasteiger partial charge is 0.390 e. The molecule has 0 saturated carbocycles. The fraction of sp³-hybridized carbons (Fsp3) is 0.167. The van der Waals surface area contributed by atoms with Crippen molar-refractivity contribution in [3.05, 3.63) is 120 Å². The van der Waals surface area contributed by atoms with Crippen molar-refractivity contribution in [1.82, 2.24) is 14.8 Å². The third kappa shape index (κ3) is 3.35. The second-order valence-corrected chi connectivity index (χ2v) is 7.04. The fourth-order valence-electron chi connectivity index (χ4n) is 3.72. The molecule has 0 spiro atoms. The molecule has 3 aromatic carbocycles. The molecule has 2 atom stereocenters. The van der Waals surface area contributed by atoms with Gasteiger partial charge in [0.1, 0.15) is 18.0 Å². The third-order valence-electron chi connectivity index (χ3n) is 5.15. The number of rotatable bonds is 6. The van der Waals surface area contributed by atoms with Crippen LogP contribution in [0.5, 0.6) is 0 Å². The van der Waals surface area contributed by atoms with Gasteiger partial charge in [0.25, 0.3) is 0 Å². The van der Waals surface area contributed by atoms with Gasteiger partial charge in [0, 0.05) is 0 Å². The molecule has 0 amide bonds. The lowest BCUT2D eigenvalue weighted by Crippen LogP contribution is -2.38. The average molecular weight is 385 g/mol. The number of hydrogen-bond acceptors (Lipinski definition) is 4. The highest BCUT2D eigenvalue weighted by molar-refractivity contribution is 5.50. The monoisotopic (exact) mass is 385 g/mol. The first-order valence-corrected chi connectivity index (χ1v) is 9.59. The quantitative estimate of drug-likeness (QED) is 0.498. The molecule has 5 nitrogen and oxygen atoms in total. The molecule has 2 unspecified atom stereocenters. The Morgan fingerprint density at radius 3 is 1.52 bits per heavy atom. The average Bonchev–Trinajstić information content (AvgIpc) is 3.26. The molecule has 1 aromatic heterocycles. The van der Waals surface area contributed by atoms with Gasteiger partial charge in [-0.2, -0.15) is 5.10 Å². The number of aliphatic hydroxyl groups is 2. The van der Waals surface area contributed by atoms with Crippen LogP contribution in [0.1, 0.15) is 35.5 Å². The lowest BCUT2D eigenvalue weighted by Gasteiger charge is -2.35. The number of benzene rings is 3. The van der Waals surface area contributed by atoms with E-state index in [-0.39, 0.29) is 5.82 Å². The summed E-state index contributed by atoms with van der Waals surface area (Å²) in [6.45, 7) is 1.52. The van der Waals surface area contributed by atoms with E-state index < -0.39 is 17.7 Å². The van der Waals surface area contributed by atoms with Gasteiger partial charge in [-0.05, 0) is 23.6 Å². The van der Waals surface area contributed by atoms with Crippen molar-refractivity contribution in [3.63, 3.8) is 0 Å². The van der Waals surface area contributed by atoms with E-state index in [0.717, 1.165) is 16.7 Å². The van der Waals surface area contributed by atoms with Crippen molar-refractivity contribution in [1.29, 1.82) is 0 Å². The Kier molecular flexibility index (Phi) is 5.25. The summed E-state index contributed by atoms with van der Waals surface area (Å²) in [5.41, 5.74) is 2.26. The minimum atomic E-state index is -1.16. The van der Waals surface area contributed by atoms with E-state index in [9.17, 15) is 10.2 Å². The molecule has 0 aliphatic carbocycles. The first kappa shape index (κ1) is 19.1. The standard InChI is InChI=1S/C24H23N3O2/c1-18(28)22(29)23-25-17-27(26-23)24(19-11-5-2-6-12-19,20-13-7-3-8-14-20)21-15-9-4-10-16-21/h2-18,22,28-29H,1H3. The molecule has 0 aliphatic rings. The molecular weight excluding hydrogens is 362 g/mol. The van der Waals surface area contributed by atoms with Crippen LogP contribution >= 0.6 is 0 Å². The minimum Gasteiger partial charge on any atom is -0.390 e. The van der Waals surface area contributed by atoms with E-state index in [1.807, 2.05) is 54.6 Å².